The van der Waals surface area contributed by atoms with Crippen LogP contribution in [0.3, 0.4) is 0 Å². The van der Waals surface area contributed by atoms with E-state index in [1.54, 1.807) is 0 Å². The molecule has 0 spiro atoms. The summed E-state index contributed by atoms with van der Waals surface area (Å²) in [5, 5.41) is 5.74. The van der Waals surface area contributed by atoms with Gasteiger partial charge in [-0.1, -0.05) is 42.5 Å². The average molecular weight is 368 g/mol. The molecule has 0 saturated carbocycles. The maximum absolute atomic E-state index is 12.1. The van der Waals surface area contributed by atoms with Gasteiger partial charge >= 0.3 is 0 Å². The molecule has 0 saturated heterocycles. The first-order valence-corrected chi connectivity index (χ1v) is 9.33. The highest BCUT2D eigenvalue weighted by Gasteiger charge is 2.10. The van der Waals surface area contributed by atoms with Gasteiger partial charge in [-0.3, -0.25) is 9.59 Å². The summed E-state index contributed by atoms with van der Waals surface area (Å²) in [5.41, 5.74) is 2.94. The van der Waals surface area contributed by atoms with Gasteiger partial charge in [0.1, 0.15) is 0 Å². The van der Waals surface area contributed by atoms with E-state index in [-0.39, 0.29) is 17.9 Å². The first kappa shape index (κ1) is 20.6. The number of hydrogen-bond donors (Lipinski definition) is 2. The van der Waals surface area contributed by atoms with Crippen LogP contribution in [-0.4, -0.2) is 25.0 Å². The summed E-state index contributed by atoms with van der Waals surface area (Å²) in [5.74, 6) is -0.116. The average Bonchev–Trinajstić information content (AvgIpc) is 2.65. The molecule has 0 fully saturated rings. The molecule has 2 amide bonds. The van der Waals surface area contributed by atoms with Gasteiger partial charge in [0.05, 0.1) is 12.6 Å². The first-order valence-electron chi connectivity index (χ1n) is 9.33. The summed E-state index contributed by atoms with van der Waals surface area (Å²) < 4.78 is 5.61. The molecule has 144 valence electrons. The molecule has 0 aliphatic heterocycles. The second-order valence-corrected chi connectivity index (χ2v) is 6.55. The second kappa shape index (κ2) is 11.1. The van der Waals surface area contributed by atoms with Gasteiger partial charge < -0.3 is 15.4 Å². The van der Waals surface area contributed by atoms with Gasteiger partial charge in [-0.2, -0.15) is 0 Å². The number of carbonyl (C=O) groups is 2. The van der Waals surface area contributed by atoms with E-state index in [0.29, 0.717) is 26.1 Å². The Bertz CT molecular complexity index is 731. The van der Waals surface area contributed by atoms with Crippen LogP contribution < -0.4 is 10.6 Å². The zero-order valence-corrected chi connectivity index (χ0v) is 16.0. The molecule has 0 radical (unpaired) electrons. The van der Waals surface area contributed by atoms with Crippen molar-refractivity contribution in [2.24, 2.45) is 0 Å². The van der Waals surface area contributed by atoms with Gasteiger partial charge in [0.2, 0.25) is 11.8 Å². The Kier molecular flexibility index (Phi) is 8.52. The van der Waals surface area contributed by atoms with Crippen molar-refractivity contribution in [2.75, 3.05) is 18.5 Å². The molecule has 5 nitrogen and oxygen atoms in total. The Morgan fingerprint density at radius 2 is 1.81 bits per heavy atom. The predicted octanol–water partition coefficient (Wildman–Crippen LogP) is 3.86. The maximum atomic E-state index is 12.1. The minimum atomic E-state index is -0.120. The lowest BCUT2D eigenvalue weighted by Gasteiger charge is -2.15. The van der Waals surface area contributed by atoms with E-state index < -0.39 is 0 Å². The van der Waals surface area contributed by atoms with Crippen LogP contribution in [0.2, 0.25) is 0 Å². The van der Waals surface area contributed by atoms with Crippen molar-refractivity contribution in [1.29, 1.82) is 0 Å². The Hall–Kier alpha value is -2.66. The minimum Gasteiger partial charge on any atom is -0.381 e. The Labute approximate surface area is 161 Å². The van der Waals surface area contributed by atoms with E-state index in [1.807, 2.05) is 49.4 Å². The van der Waals surface area contributed by atoms with E-state index in [9.17, 15) is 9.59 Å². The highest BCUT2D eigenvalue weighted by molar-refractivity contribution is 5.88. The Morgan fingerprint density at radius 1 is 1.04 bits per heavy atom. The number of benzene rings is 2. The molecule has 27 heavy (non-hydrogen) atoms. The molecule has 0 heterocycles. The van der Waals surface area contributed by atoms with Gasteiger partial charge in [0.25, 0.3) is 0 Å². The zero-order chi connectivity index (χ0) is 19.5. The van der Waals surface area contributed by atoms with Crippen LogP contribution >= 0.6 is 0 Å². The fourth-order valence-corrected chi connectivity index (χ4v) is 2.76. The number of carbonyl (C=O) groups excluding carboxylic acids is 2. The van der Waals surface area contributed by atoms with E-state index in [4.69, 9.17) is 4.74 Å². The van der Waals surface area contributed by atoms with Crippen molar-refractivity contribution >= 4 is 17.5 Å². The third-order valence-electron chi connectivity index (χ3n) is 4.15. The van der Waals surface area contributed by atoms with Gasteiger partial charge in [-0.05, 0) is 43.0 Å². The van der Waals surface area contributed by atoms with Crippen LogP contribution in [-0.2, 0) is 20.7 Å². The molecule has 0 aliphatic carbocycles. The van der Waals surface area contributed by atoms with Crippen LogP contribution in [0, 0.1) is 0 Å². The van der Waals surface area contributed by atoms with E-state index in [2.05, 4.69) is 22.8 Å². The van der Waals surface area contributed by atoms with Gasteiger partial charge in [-0.25, -0.2) is 0 Å². The summed E-state index contributed by atoms with van der Waals surface area (Å²) in [6, 6.07) is 17.6. The lowest BCUT2D eigenvalue weighted by Crippen LogP contribution is -2.26. The normalized spacial score (nSPS) is 11.6. The quantitative estimate of drug-likeness (QED) is 0.626. The number of hydrogen-bond acceptors (Lipinski definition) is 3. The number of rotatable bonds is 10. The number of amides is 2. The monoisotopic (exact) mass is 368 g/mol. The molecular weight excluding hydrogens is 340 g/mol. The second-order valence-electron chi connectivity index (χ2n) is 6.55. The van der Waals surface area contributed by atoms with Crippen molar-refractivity contribution in [3.63, 3.8) is 0 Å². The molecule has 2 aromatic rings. The number of ether oxygens (including phenoxy) is 1. The van der Waals surface area contributed by atoms with Crippen LogP contribution in [0.4, 0.5) is 5.69 Å². The minimum absolute atomic E-state index is 0.000843. The summed E-state index contributed by atoms with van der Waals surface area (Å²) in [7, 11) is 0. The SMILES string of the molecule is CC(=O)Nc1cccc(C(C)NC(=O)CCCOCCc2ccccc2)c1. The molecule has 2 rings (SSSR count). The van der Waals surface area contributed by atoms with Crippen molar-refractivity contribution in [2.45, 2.75) is 39.2 Å². The molecule has 1 atom stereocenters. The third kappa shape index (κ3) is 8.05. The van der Waals surface area contributed by atoms with Crippen molar-refractivity contribution < 1.29 is 14.3 Å². The van der Waals surface area contributed by atoms with Gasteiger partial charge in [-0.15, -0.1) is 0 Å². The fraction of sp³-hybridized carbons (Fsp3) is 0.364. The van der Waals surface area contributed by atoms with E-state index >= 15 is 0 Å². The zero-order valence-electron chi connectivity index (χ0n) is 16.0. The molecule has 0 aromatic heterocycles. The maximum Gasteiger partial charge on any atom is 0.221 e. The largest absolute Gasteiger partial charge is 0.381 e. The third-order valence-corrected chi connectivity index (χ3v) is 4.15. The lowest BCUT2D eigenvalue weighted by molar-refractivity contribution is -0.122. The molecule has 2 N–H and O–H groups in total. The highest BCUT2D eigenvalue weighted by Crippen LogP contribution is 2.17. The van der Waals surface area contributed by atoms with E-state index in [1.165, 1.54) is 12.5 Å². The van der Waals surface area contributed by atoms with Crippen LogP contribution in [0.25, 0.3) is 0 Å². The highest BCUT2D eigenvalue weighted by atomic mass is 16.5. The molecule has 1 unspecified atom stereocenters. The van der Waals surface area contributed by atoms with Crippen molar-refractivity contribution in [3.05, 3.63) is 65.7 Å². The standard InChI is InChI=1S/C22H28N2O3/c1-17(20-10-6-11-21(16-20)24-18(2)25)23-22(26)12-7-14-27-15-13-19-8-4-3-5-9-19/h3-6,8-11,16-17H,7,12-15H2,1-2H3,(H,23,26)(H,24,25). The smallest absolute Gasteiger partial charge is 0.221 e. The summed E-state index contributed by atoms with van der Waals surface area (Å²) in [4.78, 5) is 23.3. The molecule has 0 bridgehead atoms. The molecular formula is C22H28N2O3. The number of anilines is 1. The predicted molar refractivity (Wildman–Crippen MR) is 108 cm³/mol. The Balaban J connectivity index is 1.64. The van der Waals surface area contributed by atoms with Crippen molar-refractivity contribution in [1.82, 2.24) is 5.32 Å². The van der Waals surface area contributed by atoms with Crippen LogP contribution in [0.1, 0.15) is 43.9 Å². The topological polar surface area (TPSA) is 67.4 Å². The lowest BCUT2D eigenvalue weighted by atomic mass is 10.1. The number of nitrogens with one attached hydrogen (secondary N) is 2. The first-order chi connectivity index (χ1) is 13.0. The van der Waals surface area contributed by atoms with Crippen LogP contribution in [0.5, 0.6) is 0 Å². The van der Waals surface area contributed by atoms with Crippen LogP contribution in [0.15, 0.2) is 54.6 Å². The molecule has 0 aliphatic rings. The van der Waals surface area contributed by atoms with Gasteiger partial charge in [0, 0.05) is 25.6 Å². The van der Waals surface area contributed by atoms with Crippen molar-refractivity contribution in [3.8, 4) is 0 Å². The van der Waals surface area contributed by atoms with E-state index in [0.717, 1.165) is 17.7 Å². The summed E-state index contributed by atoms with van der Waals surface area (Å²) >= 11 is 0. The summed E-state index contributed by atoms with van der Waals surface area (Å²) in [6.45, 7) is 4.64. The molecule has 5 heteroatoms. The van der Waals surface area contributed by atoms with Gasteiger partial charge in [0.15, 0.2) is 0 Å². The fourth-order valence-electron chi connectivity index (χ4n) is 2.76. The Morgan fingerprint density at radius 3 is 2.56 bits per heavy atom. The molecule has 2 aromatic carbocycles. The summed E-state index contributed by atoms with van der Waals surface area (Å²) in [6.07, 6.45) is 2.01.